The number of sulfone groups is 1. The minimum absolute atomic E-state index is 0.00747. The van der Waals surface area contributed by atoms with Crippen molar-refractivity contribution in [2.24, 2.45) is 0 Å². The molecule has 3 N–H and O–H groups in total. The molecular formula is C18H17BrClN3O4S2. The molecule has 7 nitrogen and oxygen atoms in total. The summed E-state index contributed by atoms with van der Waals surface area (Å²) in [5.41, 5.74) is 0.0936. The second-order valence-electron chi connectivity index (χ2n) is 6.15. The highest BCUT2D eigenvalue weighted by Gasteiger charge is 2.38. The Balaban J connectivity index is 1.54. The van der Waals surface area contributed by atoms with E-state index >= 15 is 0 Å². The minimum atomic E-state index is -3.88. The molecule has 11 heteroatoms. The topological polar surface area (TPSA) is 104 Å². The number of hydrogen-bond acceptors (Lipinski definition) is 6. The van der Waals surface area contributed by atoms with Crippen LogP contribution in [-0.4, -0.2) is 43.3 Å². The van der Waals surface area contributed by atoms with Crippen molar-refractivity contribution < 1.29 is 18.0 Å². The van der Waals surface area contributed by atoms with Gasteiger partial charge in [-0.25, -0.2) is 8.42 Å². The minimum Gasteiger partial charge on any atom is -0.331 e. The Kier molecular flexibility index (Phi) is 7.23. The summed E-state index contributed by atoms with van der Waals surface area (Å²) in [7, 11) is -3.88. The third-order valence-corrected chi connectivity index (χ3v) is 7.91. The lowest BCUT2D eigenvalue weighted by Gasteiger charge is -2.29. The van der Waals surface area contributed by atoms with Crippen molar-refractivity contribution in [1.29, 1.82) is 0 Å². The van der Waals surface area contributed by atoms with E-state index in [1.165, 1.54) is 18.2 Å². The van der Waals surface area contributed by atoms with Crippen molar-refractivity contribution in [3.63, 3.8) is 0 Å². The fraction of sp³-hybridized carbons (Fsp3) is 0.222. The molecule has 0 aromatic heterocycles. The van der Waals surface area contributed by atoms with Gasteiger partial charge >= 0.3 is 0 Å². The van der Waals surface area contributed by atoms with Crippen molar-refractivity contribution in [3.8, 4) is 0 Å². The van der Waals surface area contributed by atoms with Gasteiger partial charge in [0.2, 0.25) is 11.8 Å². The SMILES string of the molecule is O=C(CSC1NCC(S(=O)(=O)c2cccc(Cl)c2)C(=O)N1)Nc1ccc(Br)cc1. The Hall–Kier alpha value is -1.59. The number of hydrogen-bond donors (Lipinski definition) is 3. The Labute approximate surface area is 186 Å². The van der Waals surface area contributed by atoms with E-state index in [4.69, 9.17) is 11.6 Å². The van der Waals surface area contributed by atoms with Crippen LogP contribution in [0.15, 0.2) is 57.9 Å². The summed E-state index contributed by atoms with van der Waals surface area (Å²) >= 11 is 10.3. The third-order valence-electron chi connectivity index (χ3n) is 4.06. The standard InChI is InChI=1S/C18H17BrClN3O4S2/c19-11-4-6-13(7-5-11)22-16(24)10-28-18-21-9-15(17(25)23-18)29(26,27)14-3-1-2-12(20)8-14/h1-8,15,18,21H,9-10H2,(H,22,24)(H,23,25). The number of nitrogens with one attached hydrogen (secondary N) is 3. The average Bonchev–Trinajstić information content (AvgIpc) is 2.68. The highest BCUT2D eigenvalue weighted by Crippen LogP contribution is 2.22. The smallest absolute Gasteiger partial charge is 0.241 e. The zero-order valence-electron chi connectivity index (χ0n) is 14.9. The molecule has 1 aliphatic heterocycles. The van der Waals surface area contributed by atoms with Crippen LogP contribution in [0.5, 0.6) is 0 Å². The van der Waals surface area contributed by atoms with Crippen molar-refractivity contribution in [2.75, 3.05) is 17.6 Å². The van der Waals surface area contributed by atoms with Crippen LogP contribution in [0.2, 0.25) is 5.02 Å². The van der Waals surface area contributed by atoms with Crippen LogP contribution in [0, 0.1) is 0 Å². The van der Waals surface area contributed by atoms with Crippen molar-refractivity contribution in [1.82, 2.24) is 10.6 Å². The van der Waals surface area contributed by atoms with E-state index in [1.807, 2.05) is 12.1 Å². The lowest BCUT2D eigenvalue weighted by molar-refractivity contribution is -0.122. The summed E-state index contributed by atoms with van der Waals surface area (Å²) in [4.78, 5) is 24.5. The zero-order valence-corrected chi connectivity index (χ0v) is 18.9. The predicted octanol–water partition coefficient (Wildman–Crippen LogP) is 2.62. The van der Waals surface area contributed by atoms with Crippen LogP contribution in [0.3, 0.4) is 0 Å². The molecule has 1 aliphatic rings. The Morgan fingerprint density at radius 1 is 1.24 bits per heavy atom. The number of thioether (sulfide) groups is 1. The van der Waals surface area contributed by atoms with E-state index in [-0.39, 0.29) is 28.1 Å². The lowest BCUT2D eigenvalue weighted by Crippen LogP contribution is -2.59. The van der Waals surface area contributed by atoms with Gasteiger partial charge in [0.1, 0.15) is 5.50 Å². The summed E-state index contributed by atoms with van der Waals surface area (Å²) in [5.74, 6) is -0.767. The number of halogens is 2. The maximum absolute atomic E-state index is 12.7. The first-order chi connectivity index (χ1) is 13.8. The molecule has 29 heavy (non-hydrogen) atoms. The van der Waals surface area contributed by atoms with E-state index in [0.29, 0.717) is 5.69 Å². The van der Waals surface area contributed by atoms with Crippen molar-refractivity contribution in [3.05, 3.63) is 58.0 Å². The van der Waals surface area contributed by atoms with Crippen LogP contribution >= 0.6 is 39.3 Å². The van der Waals surface area contributed by atoms with Crippen LogP contribution in [0.1, 0.15) is 0 Å². The molecule has 0 radical (unpaired) electrons. The predicted molar refractivity (Wildman–Crippen MR) is 118 cm³/mol. The number of rotatable bonds is 6. The van der Waals surface area contributed by atoms with E-state index in [9.17, 15) is 18.0 Å². The van der Waals surface area contributed by atoms with Crippen molar-refractivity contribution in [2.45, 2.75) is 15.6 Å². The molecule has 2 aromatic carbocycles. The van der Waals surface area contributed by atoms with Gasteiger partial charge in [0, 0.05) is 21.7 Å². The van der Waals surface area contributed by atoms with Crippen LogP contribution in [0.4, 0.5) is 5.69 Å². The first kappa shape index (κ1) is 22.1. The van der Waals surface area contributed by atoms with Crippen LogP contribution in [0.25, 0.3) is 0 Å². The quantitative estimate of drug-likeness (QED) is 0.543. The first-order valence-electron chi connectivity index (χ1n) is 8.46. The monoisotopic (exact) mass is 517 g/mol. The Morgan fingerprint density at radius 2 is 1.97 bits per heavy atom. The number of anilines is 1. The summed E-state index contributed by atoms with van der Waals surface area (Å²) < 4.78 is 26.3. The van der Waals surface area contributed by atoms with Gasteiger partial charge in [-0.05, 0) is 42.5 Å². The molecule has 2 aromatic rings. The molecule has 1 fully saturated rings. The van der Waals surface area contributed by atoms with Gasteiger partial charge in [-0.15, -0.1) is 11.8 Å². The third kappa shape index (κ3) is 5.73. The Morgan fingerprint density at radius 3 is 2.62 bits per heavy atom. The second-order valence-corrected chi connectivity index (χ2v) is 10.7. The highest BCUT2D eigenvalue weighted by molar-refractivity contribution is 9.10. The van der Waals surface area contributed by atoms with E-state index in [1.54, 1.807) is 18.2 Å². The Bertz CT molecular complexity index is 1020. The normalized spacial score (nSPS) is 19.4. The zero-order chi connectivity index (χ0) is 21.0. The fourth-order valence-electron chi connectivity index (χ4n) is 2.63. The molecule has 154 valence electrons. The maximum atomic E-state index is 12.7. The van der Waals surface area contributed by atoms with Gasteiger partial charge in [0.25, 0.3) is 0 Å². The number of amides is 2. The molecule has 1 saturated heterocycles. The number of benzene rings is 2. The molecule has 2 amide bonds. The summed E-state index contributed by atoms with van der Waals surface area (Å²) in [5, 5.41) is 7.31. The molecule has 0 bridgehead atoms. The number of carbonyl (C=O) groups is 2. The average molecular weight is 519 g/mol. The first-order valence-corrected chi connectivity index (χ1v) is 12.2. The van der Waals surface area contributed by atoms with Gasteiger partial charge in [0.05, 0.1) is 10.6 Å². The molecule has 0 saturated carbocycles. The molecule has 2 atom stereocenters. The summed E-state index contributed by atoms with van der Waals surface area (Å²) in [6.07, 6.45) is 0. The van der Waals surface area contributed by atoms with E-state index in [2.05, 4.69) is 31.9 Å². The largest absolute Gasteiger partial charge is 0.331 e. The molecule has 1 heterocycles. The summed E-state index contributed by atoms with van der Waals surface area (Å²) in [6.45, 7) is -0.0628. The van der Waals surface area contributed by atoms with Crippen molar-refractivity contribution >= 4 is 66.6 Å². The van der Waals surface area contributed by atoms with Gasteiger partial charge in [0.15, 0.2) is 15.1 Å². The van der Waals surface area contributed by atoms with Gasteiger partial charge < -0.3 is 10.6 Å². The second kappa shape index (κ2) is 9.48. The van der Waals surface area contributed by atoms with Gasteiger partial charge in [-0.1, -0.05) is 33.6 Å². The highest BCUT2D eigenvalue weighted by atomic mass is 79.9. The van der Waals surface area contributed by atoms with E-state index in [0.717, 1.165) is 16.2 Å². The molecule has 0 aliphatic carbocycles. The fourth-order valence-corrected chi connectivity index (χ4v) is 5.51. The van der Waals surface area contributed by atoms with Gasteiger partial charge in [-0.2, -0.15) is 0 Å². The lowest BCUT2D eigenvalue weighted by atomic mass is 10.3. The van der Waals surface area contributed by atoms with E-state index < -0.39 is 26.5 Å². The molecule has 3 rings (SSSR count). The summed E-state index contributed by atoms with van der Waals surface area (Å²) in [6, 6.07) is 13.0. The van der Waals surface area contributed by atoms with Crippen LogP contribution in [-0.2, 0) is 19.4 Å². The van der Waals surface area contributed by atoms with Gasteiger partial charge in [-0.3, -0.25) is 14.9 Å². The molecular weight excluding hydrogens is 502 g/mol. The number of carbonyl (C=O) groups excluding carboxylic acids is 2. The molecule has 2 unspecified atom stereocenters. The molecule has 0 spiro atoms. The van der Waals surface area contributed by atoms with Crippen LogP contribution < -0.4 is 16.0 Å². The maximum Gasteiger partial charge on any atom is 0.241 e.